The van der Waals surface area contributed by atoms with Crippen molar-refractivity contribution in [3.63, 3.8) is 0 Å². The highest BCUT2D eigenvalue weighted by molar-refractivity contribution is 5.93. The number of fused-ring (bicyclic) bond motifs is 1. The van der Waals surface area contributed by atoms with E-state index in [0.717, 1.165) is 12.8 Å². The summed E-state index contributed by atoms with van der Waals surface area (Å²) in [7, 11) is 0. The molecule has 11 heteroatoms. The molecular formula is C23H29N3O8. The van der Waals surface area contributed by atoms with E-state index >= 15 is 0 Å². The van der Waals surface area contributed by atoms with Crippen LogP contribution >= 0.6 is 0 Å². The predicted molar refractivity (Wildman–Crippen MR) is 122 cm³/mol. The lowest BCUT2D eigenvalue weighted by Crippen LogP contribution is -2.34. The number of carbonyl (C=O) groups excluding carboxylic acids is 2. The number of aryl methyl sites for hydroxylation is 1. The second-order valence-corrected chi connectivity index (χ2v) is 8.04. The molecular weight excluding hydrogens is 446 g/mol. The summed E-state index contributed by atoms with van der Waals surface area (Å²) >= 11 is 0. The van der Waals surface area contributed by atoms with Crippen LogP contribution in [0.5, 0.6) is 6.01 Å². The number of nitrogens with one attached hydrogen (secondary N) is 1. The first-order chi connectivity index (χ1) is 16.4. The summed E-state index contributed by atoms with van der Waals surface area (Å²) in [5.41, 5.74) is -0.303. The molecule has 0 saturated heterocycles. The molecule has 2 aromatic rings. The Morgan fingerprint density at radius 2 is 1.76 bits per heavy atom. The Bertz CT molecular complexity index is 1150. The van der Waals surface area contributed by atoms with Gasteiger partial charge in [-0.25, -0.2) is 4.79 Å². The van der Waals surface area contributed by atoms with Gasteiger partial charge in [0.1, 0.15) is 5.39 Å². The van der Waals surface area contributed by atoms with Gasteiger partial charge >= 0.3 is 23.6 Å². The van der Waals surface area contributed by atoms with Crippen molar-refractivity contribution in [3.8, 4) is 6.01 Å². The van der Waals surface area contributed by atoms with Gasteiger partial charge in [-0.15, -0.1) is 0 Å². The van der Waals surface area contributed by atoms with Crippen LogP contribution in [0.25, 0.3) is 11.1 Å². The Hall–Kier alpha value is -3.50. The molecule has 0 spiro atoms. The van der Waals surface area contributed by atoms with Gasteiger partial charge < -0.3 is 18.7 Å². The van der Waals surface area contributed by atoms with E-state index in [-0.39, 0.29) is 49.6 Å². The van der Waals surface area contributed by atoms with Crippen molar-refractivity contribution in [2.75, 3.05) is 13.2 Å². The maximum atomic E-state index is 12.7. The average Bonchev–Trinajstić information content (AvgIpc) is 2.80. The minimum absolute atomic E-state index is 0.144. The Labute approximate surface area is 195 Å². The molecule has 11 nitrogen and oxygen atoms in total. The Kier molecular flexibility index (Phi) is 8.55. The van der Waals surface area contributed by atoms with E-state index in [1.54, 1.807) is 13.8 Å². The van der Waals surface area contributed by atoms with Crippen molar-refractivity contribution in [1.29, 1.82) is 0 Å². The minimum atomic E-state index is -0.615. The van der Waals surface area contributed by atoms with E-state index < -0.39 is 35.0 Å². The molecule has 1 N–H and O–H groups in total. The molecule has 0 aromatic carbocycles. The lowest BCUT2D eigenvalue weighted by atomic mass is 9.80. The quantitative estimate of drug-likeness (QED) is 0.426. The predicted octanol–water partition coefficient (Wildman–Crippen LogP) is 2.50. The number of aromatic amines is 1. The van der Waals surface area contributed by atoms with Gasteiger partial charge in [-0.05, 0) is 38.7 Å². The van der Waals surface area contributed by atoms with Crippen LogP contribution in [0.3, 0.4) is 0 Å². The van der Waals surface area contributed by atoms with E-state index in [1.807, 2.05) is 6.92 Å². The molecule has 184 valence electrons. The number of hydrogen-bond donors (Lipinski definition) is 1. The summed E-state index contributed by atoms with van der Waals surface area (Å²) in [5, 5.41) is 4.22. The second-order valence-electron chi connectivity index (χ2n) is 8.04. The molecule has 0 aliphatic heterocycles. The third-order valence-corrected chi connectivity index (χ3v) is 5.51. The number of hydrogen-bond acceptors (Lipinski definition) is 10. The van der Waals surface area contributed by atoms with Gasteiger partial charge in [-0.1, -0.05) is 18.5 Å². The highest BCUT2D eigenvalue weighted by Crippen LogP contribution is 2.30. The zero-order valence-corrected chi connectivity index (χ0v) is 19.5. The highest BCUT2D eigenvalue weighted by Gasteiger charge is 2.36. The lowest BCUT2D eigenvalue weighted by molar-refractivity contribution is -0.152. The number of rotatable bonds is 9. The van der Waals surface area contributed by atoms with Crippen LogP contribution in [-0.4, -0.2) is 40.8 Å². The smallest absolute Gasteiger partial charge is 0.337 e. The van der Waals surface area contributed by atoms with E-state index in [9.17, 15) is 19.2 Å². The zero-order valence-electron chi connectivity index (χ0n) is 19.5. The van der Waals surface area contributed by atoms with Crippen LogP contribution in [0, 0.1) is 11.8 Å². The normalized spacial score (nSPS) is 19.2. The van der Waals surface area contributed by atoms with Gasteiger partial charge in [0.2, 0.25) is 5.71 Å². The molecule has 2 atom stereocenters. The Morgan fingerprint density at radius 3 is 2.35 bits per heavy atom. The van der Waals surface area contributed by atoms with Crippen LogP contribution < -0.4 is 16.0 Å². The topological polar surface area (TPSA) is 150 Å². The minimum Gasteiger partial charge on any atom is -0.466 e. The van der Waals surface area contributed by atoms with Crippen molar-refractivity contribution in [2.45, 2.75) is 59.3 Å². The van der Waals surface area contributed by atoms with Gasteiger partial charge in [0.05, 0.1) is 30.8 Å². The van der Waals surface area contributed by atoms with Crippen LogP contribution in [0.15, 0.2) is 25.2 Å². The summed E-state index contributed by atoms with van der Waals surface area (Å²) < 4.78 is 15.3. The molecule has 1 saturated carbocycles. The van der Waals surface area contributed by atoms with Gasteiger partial charge in [0, 0.05) is 18.9 Å². The van der Waals surface area contributed by atoms with Crippen molar-refractivity contribution in [2.24, 2.45) is 17.0 Å². The SMILES string of the molecule is CCCCc1cc(=O)oc2nc(ON=C3CC(C(=O)OCC)C[C@@H](C(=O)OCC)C3)[nH]c(=O)c12. The molecule has 3 rings (SSSR count). The summed E-state index contributed by atoms with van der Waals surface area (Å²) in [6.45, 7) is 5.85. The Morgan fingerprint density at radius 1 is 1.12 bits per heavy atom. The summed E-state index contributed by atoms with van der Waals surface area (Å²) in [6, 6.07) is 1.02. The zero-order chi connectivity index (χ0) is 24.7. The number of H-pyrrole nitrogens is 1. The van der Waals surface area contributed by atoms with E-state index in [1.165, 1.54) is 6.07 Å². The number of unbranched alkanes of at least 4 members (excludes halogenated alkanes) is 1. The third kappa shape index (κ3) is 6.09. The molecule has 2 heterocycles. The molecule has 1 unspecified atom stereocenters. The molecule has 0 bridgehead atoms. The number of esters is 2. The van der Waals surface area contributed by atoms with E-state index in [0.29, 0.717) is 17.7 Å². The molecule has 1 aliphatic rings. The lowest BCUT2D eigenvalue weighted by Gasteiger charge is -2.27. The molecule has 0 amide bonds. The first-order valence-corrected chi connectivity index (χ1v) is 11.5. The largest absolute Gasteiger partial charge is 0.466 e. The van der Waals surface area contributed by atoms with Gasteiger partial charge in [0.25, 0.3) is 5.56 Å². The molecule has 0 radical (unpaired) electrons. The number of oxime groups is 1. The maximum Gasteiger partial charge on any atom is 0.337 e. The van der Waals surface area contributed by atoms with E-state index in [4.69, 9.17) is 18.7 Å². The number of nitrogens with zero attached hydrogens (tertiary/aromatic N) is 2. The molecule has 1 aliphatic carbocycles. The summed E-state index contributed by atoms with van der Waals surface area (Å²) in [5.74, 6) is -2.01. The van der Waals surface area contributed by atoms with Crippen molar-refractivity contribution in [1.82, 2.24) is 9.97 Å². The number of ether oxygens (including phenoxy) is 2. The summed E-state index contributed by atoms with van der Waals surface area (Å²) in [6.07, 6.45) is 2.97. The van der Waals surface area contributed by atoms with Gasteiger partial charge in [-0.3, -0.25) is 19.4 Å². The Balaban J connectivity index is 1.87. The fraction of sp³-hybridized carbons (Fsp3) is 0.565. The van der Waals surface area contributed by atoms with Crippen LogP contribution in [-0.2, 0) is 25.5 Å². The molecule has 34 heavy (non-hydrogen) atoms. The maximum absolute atomic E-state index is 12.7. The monoisotopic (exact) mass is 475 g/mol. The van der Waals surface area contributed by atoms with Gasteiger partial charge in [-0.2, -0.15) is 4.98 Å². The average molecular weight is 475 g/mol. The van der Waals surface area contributed by atoms with E-state index in [2.05, 4.69) is 15.1 Å². The first kappa shape index (κ1) is 25.1. The third-order valence-electron chi connectivity index (χ3n) is 5.51. The fourth-order valence-electron chi connectivity index (χ4n) is 3.96. The van der Waals surface area contributed by atoms with Crippen LogP contribution in [0.2, 0.25) is 0 Å². The van der Waals surface area contributed by atoms with Crippen molar-refractivity contribution < 1.29 is 28.3 Å². The van der Waals surface area contributed by atoms with Crippen LogP contribution in [0.4, 0.5) is 0 Å². The molecule has 1 fully saturated rings. The second kappa shape index (κ2) is 11.6. The fourth-order valence-corrected chi connectivity index (χ4v) is 3.96. The summed E-state index contributed by atoms with van der Waals surface area (Å²) in [4.78, 5) is 61.1. The first-order valence-electron chi connectivity index (χ1n) is 11.5. The number of carbonyl (C=O) groups is 2. The standard InChI is InChI=1S/C23H29N3O8/c1-4-7-8-13-12-17(27)33-20-18(13)19(28)24-23(25-20)34-26-16-10-14(21(29)31-5-2)9-15(11-16)22(30)32-6-3/h12,14-15H,4-11H2,1-3H3,(H,24,25,28)/t14-,15?/m1/s1. The number of aromatic nitrogens is 2. The van der Waals surface area contributed by atoms with Gasteiger partial charge in [0.15, 0.2) is 0 Å². The van der Waals surface area contributed by atoms with Crippen molar-refractivity contribution >= 4 is 28.8 Å². The highest BCUT2D eigenvalue weighted by atomic mass is 16.6. The van der Waals surface area contributed by atoms with Crippen LogP contribution in [0.1, 0.15) is 58.4 Å². The van der Waals surface area contributed by atoms with Crippen molar-refractivity contribution in [3.05, 3.63) is 32.4 Å². The molecule has 2 aromatic heterocycles.